The van der Waals surface area contributed by atoms with Gasteiger partial charge in [0, 0.05) is 17.7 Å². The molecule has 0 N–H and O–H groups in total. The van der Waals surface area contributed by atoms with E-state index in [-0.39, 0.29) is 0 Å². The Bertz CT molecular complexity index is 968. The zero-order valence-corrected chi connectivity index (χ0v) is 12.9. The molecule has 2 aromatic heterocycles. The first-order chi connectivity index (χ1) is 11.2. The van der Waals surface area contributed by atoms with Crippen LogP contribution in [0.1, 0.15) is 12.5 Å². The second-order valence-corrected chi connectivity index (χ2v) is 5.40. The van der Waals surface area contributed by atoms with Crippen molar-refractivity contribution in [3.8, 4) is 22.8 Å². The number of fused-ring (bicyclic) bond motifs is 1. The van der Waals surface area contributed by atoms with Crippen LogP contribution in [-0.4, -0.2) is 25.1 Å². The van der Waals surface area contributed by atoms with Gasteiger partial charge in [-0.05, 0) is 44.2 Å². The first-order valence-corrected chi connectivity index (χ1v) is 7.49. The van der Waals surface area contributed by atoms with Crippen molar-refractivity contribution < 1.29 is 4.52 Å². The van der Waals surface area contributed by atoms with E-state index in [0.717, 1.165) is 28.7 Å². The highest BCUT2D eigenvalue weighted by atomic mass is 16.5. The largest absolute Gasteiger partial charge is 0.334 e. The van der Waals surface area contributed by atoms with Gasteiger partial charge in [0.1, 0.15) is 5.52 Å². The predicted molar refractivity (Wildman–Crippen MR) is 86.7 cm³/mol. The Hall–Kier alpha value is -3.02. The Balaban J connectivity index is 1.72. The molecule has 0 atom stereocenters. The van der Waals surface area contributed by atoms with E-state index in [4.69, 9.17) is 4.52 Å². The van der Waals surface area contributed by atoms with Crippen LogP contribution in [0.2, 0.25) is 0 Å². The third-order valence-electron chi connectivity index (χ3n) is 3.80. The van der Waals surface area contributed by atoms with Gasteiger partial charge in [0.15, 0.2) is 0 Å². The molecule has 0 fully saturated rings. The zero-order valence-electron chi connectivity index (χ0n) is 12.9. The van der Waals surface area contributed by atoms with Crippen LogP contribution < -0.4 is 0 Å². The molecule has 4 aromatic rings. The highest BCUT2D eigenvalue weighted by Gasteiger charge is 2.12. The SMILES string of the molecule is CCn1nnc2cc(-c3noc(-c4ccc(C)cc4)n3)ccc21. The molecular weight excluding hydrogens is 290 g/mol. The number of nitrogens with zero attached hydrogens (tertiary/aromatic N) is 5. The third-order valence-corrected chi connectivity index (χ3v) is 3.80. The van der Waals surface area contributed by atoms with E-state index in [1.54, 1.807) is 0 Å². The van der Waals surface area contributed by atoms with E-state index in [2.05, 4.69) is 20.5 Å². The van der Waals surface area contributed by atoms with Crippen molar-refractivity contribution in [2.24, 2.45) is 0 Å². The van der Waals surface area contributed by atoms with E-state index in [0.29, 0.717) is 11.7 Å². The lowest BCUT2D eigenvalue weighted by Gasteiger charge is -1.97. The smallest absolute Gasteiger partial charge is 0.258 e. The van der Waals surface area contributed by atoms with E-state index < -0.39 is 0 Å². The van der Waals surface area contributed by atoms with Crippen LogP contribution in [0.4, 0.5) is 0 Å². The molecule has 0 amide bonds. The summed E-state index contributed by atoms with van der Waals surface area (Å²) in [5.74, 6) is 1.06. The average molecular weight is 305 g/mol. The molecule has 0 radical (unpaired) electrons. The van der Waals surface area contributed by atoms with Gasteiger partial charge < -0.3 is 4.52 Å². The first kappa shape index (κ1) is 13.6. The summed E-state index contributed by atoms with van der Waals surface area (Å²) in [7, 11) is 0. The minimum absolute atomic E-state index is 0.511. The predicted octanol–water partition coefficient (Wildman–Crippen LogP) is 3.48. The standard InChI is InChI=1S/C17H15N5O/c1-3-22-15-9-8-13(10-14(15)19-21-22)16-18-17(23-20-16)12-6-4-11(2)5-7-12/h4-10H,3H2,1-2H3. The Morgan fingerprint density at radius 1 is 1.04 bits per heavy atom. The van der Waals surface area contributed by atoms with Gasteiger partial charge in [-0.15, -0.1) is 5.10 Å². The summed E-state index contributed by atoms with van der Waals surface area (Å²) in [6.07, 6.45) is 0. The first-order valence-electron chi connectivity index (χ1n) is 7.49. The van der Waals surface area contributed by atoms with Crippen molar-refractivity contribution in [1.82, 2.24) is 25.1 Å². The minimum Gasteiger partial charge on any atom is -0.334 e. The molecule has 6 nitrogen and oxygen atoms in total. The fourth-order valence-corrected chi connectivity index (χ4v) is 2.50. The second kappa shape index (κ2) is 5.31. The molecule has 0 spiro atoms. The fraction of sp³-hybridized carbons (Fsp3) is 0.176. The Morgan fingerprint density at radius 2 is 1.83 bits per heavy atom. The lowest BCUT2D eigenvalue weighted by atomic mass is 10.1. The summed E-state index contributed by atoms with van der Waals surface area (Å²) in [5, 5.41) is 12.4. The Labute approximate surface area is 132 Å². The van der Waals surface area contributed by atoms with Gasteiger partial charge in [-0.25, -0.2) is 4.68 Å². The van der Waals surface area contributed by atoms with Crippen molar-refractivity contribution in [2.75, 3.05) is 0 Å². The summed E-state index contributed by atoms with van der Waals surface area (Å²) >= 11 is 0. The molecule has 0 aliphatic heterocycles. The van der Waals surface area contributed by atoms with Crippen LogP contribution in [0, 0.1) is 6.92 Å². The van der Waals surface area contributed by atoms with Crippen molar-refractivity contribution in [3.05, 3.63) is 48.0 Å². The molecule has 0 aliphatic carbocycles. The monoisotopic (exact) mass is 305 g/mol. The Morgan fingerprint density at radius 3 is 2.61 bits per heavy atom. The van der Waals surface area contributed by atoms with E-state index in [1.807, 2.05) is 61.0 Å². The summed E-state index contributed by atoms with van der Waals surface area (Å²) in [6.45, 7) is 4.87. The van der Waals surface area contributed by atoms with Gasteiger partial charge >= 0.3 is 0 Å². The van der Waals surface area contributed by atoms with Crippen LogP contribution in [-0.2, 0) is 6.54 Å². The summed E-state index contributed by atoms with van der Waals surface area (Å²) in [5.41, 5.74) is 4.79. The molecular formula is C17H15N5O. The molecule has 2 heterocycles. The topological polar surface area (TPSA) is 69.6 Å². The molecule has 0 saturated carbocycles. The van der Waals surface area contributed by atoms with Gasteiger partial charge in [-0.2, -0.15) is 4.98 Å². The van der Waals surface area contributed by atoms with E-state index in [9.17, 15) is 0 Å². The van der Waals surface area contributed by atoms with Gasteiger partial charge in [0.25, 0.3) is 5.89 Å². The quantitative estimate of drug-likeness (QED) is 0.579. The maximum Gasteiger partial charge on any atom is 0.258 e. The van der Waals surface area contributed by atoms with E-state index in [1.165, 1.54) is 5.56 Å². The molecule has 0 unspecified atom stereocenters. The third kappa shape index (κ3) is 2.38. The summed E-state index contributed by atoms with van der Waals surface area (Å²) in [6, 6.07) is 13.9. The van der Waals surface area contributed by atoms with Crippen molar-refractivity contribution in [2.45, 2.75) is 20.4 Å². The Kier molecular flexibility index (Phi) is 3.15. The van der Waals surface area contributed by atoms with Gasteiger partial charge in [-0.3, -0.25) is 0 Å². The van der Waals surface area contributed by atoms with Gasteiger partial charge in [0.2, 0.25) is 5.82 Å². The molecule has 114 valence electrons. The number of aryl methyl sites for hydroxylation is 2. The number of hydrogen-bond donors (Lipinski definition) is 0. The number of hydrogen-bond acceptors (Lipinski definition) is 5. The van der Waals surface area contributed by atoms with E-state index >= 15 is 0 Å². The maximum absolute atomic E-state index is 5.38. The molecule has 4 rings (SSSR count). The summed E-state index contributed by atoms with van der Waals surface area (Å²) < 4.78 is 7.24. The highest BCUT2D eigenvalue weighted by molar-refractivity contribution is 5.80. The second-order valence-electron chi connectivity index (χ2n) is 5.40. The summed E-state index contributed by atoms with van der Waals surface area (Å²) in [4.78, 5) is 4.48. The van der Waals surface area contributed by atoms with Crippen LogP contribution in [0.3, 0.4) is 0 Å². The molecule has 6 heteroatoms. The normalized spacial score (nSPS) is 11.2. The van der Waals surface area contributed by atoms with Gasteiger partial charge in [0.05, 0.1) is 5.52 Å². The average Bonchev–Trinajstić information content (AvgIpc) is 3.21. The van der Waals surface area contributed by atoms with Crippen LogP contribution >= 0.6 is 0 Å². The number of rotatable bonds is 3. The minimum atomic E-state index is 0.511. The van der Waals surface area contributed by atoms with Crippen LogP contribution in [0.25, 0.3) is 33.9 Å². The van der Waals surface area contributed by atoms with Crippen molar-refractivity contribution >= 4 is 11.0 Å². The molecule has 23 heavy (non-hydrogen) atoms. The lowest BCUT2D eigenvalue weighted by Crippen LogP contribution is -1.95. The number of aromatic nitrogens is 5. The zero-order chi connectivity index (χ0) is 15.8. The maximum atomic E-state index is 5.38. The highest BCUT2D eigenvalue weighted by Crippen LogP contribution is 2.24. The molecule has 0 bridgehead atoms. The van der Waals surface area contributed by atoms with Gasteiger partial charge in [-0.1, -0.05) is 28.1 Å². The molecule has 0 saturated heterocycles. The van der Waals surface area contributed by atoms with Crippen molar-refractivity contribution in [3.63, 3.8) is 0 Å². The fourth-order valence-electron chi connectivity index (χ4n) is 2.50. The molecule has 0 aliphatic rings. The van der Waals surface area contributed by atoms with Crippen LogP contribution in [0.15, 0.2) is 47.0 Å². The number of benzene rings is 2. The lowest BCUT2D eigenvalue weighted by molar-refractivity contribution is 0.432. The molecule has 2 aromatic carbocycles. The van der Waals surface area contributed by atoms with Crippen molar-refractivity contribution in [1.29, 1.82) is 0 Å². The van der Waals surface area contributed by atoms with Crippen LogP contribution in [0.5, 0.6) is 0 Å².